The van der Waals surface area contributed by atoms with Crippen molar-refractivity contribution in [2.24, 2.45) is 11.8 Å². The molecule has 0 aliphatic carbocycles. The number of carbonyl (C=O) groups excluding carboxylic acids is 4. The molecule has 19 heteroatoms. The van der Waals surface area contributed by atoms with Crippen LogP contribution in [0.4, 0.5) is 0 Å². The second-order valence-electron chi connectivity index (χ2n) is 28.3. The van der Waals surface area contributed by atoms with Crippen LogP contribution in [0.25, 0.3) is 0 Å². The van der Waals surface area contributed by atoms with Crippen LogP contribution in [0, 0.1) is 11.8 Å². The summed E-state index contributed by atoms with van der Waals surface area (Å²) in [5.41, 5.74) is 0. The normalized spacial score (nSPS) is 14.0. The summed E-state index contributed by atoms with van der Waals surface area (Å²) in [6.07, 6.45) is 55.3. The number of esters is 4. The van der Waals surface area contributed by atoms with Gasteiger partial charge in [-0.15, -0.1) is 0 Å². The van der Waals surface area contributed by atoms with E-state index in [0.29, 0.717) is 25.7 Å². The molecule has 0 bridgehead atoms. The van der Waals surface area contributed by atoms with Gasteiger partial charge in [-0.05, 0) is 37.5 Å². The lowest BCUT2D eigenvalue weighted by atomic mass is 10.0. The highest BCUT2D eigenvalue weighted by Crippen LogP contribution is 2.45. The number of carbonyl (C=O) groups is 4. The number of hydrogen-bond acceptors (Lipinski definition) is 15. The van der Waals surface area contributed by atoms with Crippen LogP contribution in [0.2, 0.25) is 0 Å². The quantitative estimate of drug-likeness (QED) is 0.0222. The number of ether oxygens (including phenoxy) is 4. The second kappa shape index (κ2) is 67.9. The molecule has 0 fully saturated rings. The van der Waals surface area contributed by atoms with Crippen molar-refractivity contribution in [1.82, 2.24) is 0 Å². The van der Waals surface area contributed by atoms with E-state index in [1.165, 1.54) is 212 Å². The molecular formula is C76H148O17P2. The lowest BCUT2D eigenvalue weighted by molar-refractivity contribution is -0.161. The van der Waals surface area contributed by atoms with E-state index in [-0.39, 0.29) is 25.7 Å². The van der Waals surface area contributed by atoms with Gasteiger partial charge >= 0.3 is 39.5 Å². The number of aliphatic hydroxyl groups is 1. The van der Waals surface area contributed by atoms with Gasteiger partial charge < -0.3 is 33.8 Å². The van der Waals surface area contributed by atoms with Crippen LogP contribution in [-0.4, -0.2) is 96.7 Å². The van der Waals surface area contributed by atoms with E-state index in [4.69, 9.17) is 37.0 Å². The number of hydrogen-bond donors (Lipinski definition) is 3. The molecule has 0 saturated carbocycles. The van der Waals surface area contributed by atoms with Crippen LogP contribution >= 0.6 is 15.6 Å². The summed E-state index contributed by atoms with van der Waals surface area (Å²) in [7, 11) is -9.91. The molecule has 2 unspecified atom stereocenters. The Morgan fingerprint density at radius 1 is 0.284 bits per heavy atom. The average Bonchev–Trinajstić information content (AvgIpc) is 1.32. The maximum Gasteiger partial charge on any atom is 0.472 e. The zero-order valence-electron chi connectivity index (χ0n) is 62.0. The predicted molar refractivity (Wildman–Crippen MR) is 386 cm³/mol. The lowest BCUT2D eigenvalue weighted by Crippen LogP contribution is -2.30. The molecule has 0 saturated heterocycles. The van der Waals surface area contributed by atoms with Gasteiger partial charge in [0, 0.05) is 25.7 Å². The molecule has 17 nitrogen and oxygen atoms in total. The maximum absolute atomic E-state index is 13.1. The first kappa shape index (κ1) is 93.1. The van der Waals surface area contributed by atoms with Crippen LogP contribution in [0.15, 0.2) is 0 Å². The Morgan fingerprint density at radius 2 is 0.484 bits per heavy atom. The molecule has 0 aromatic carbocycles. The summed E-state index contributed by atoms with van der Waals surface area (Å²) < 4.78 is 68.5. The molecule has 0 aliphatic heterocycles. The third-order valence-corrected chi connectivity index (χ3v) is 19.6. The highest BCUT2D eigenvalue weighted by Gasteiger charge is 2.30. The Balaban J connectivity index is 5.24. The zero-order chi connectivity index (χ0) is 70.0. The van der Waals surface area contributed by atoms with E-state index in [9.17, 15) is 43.2 Å². The molecule has 0 spiro atoms. The summed E-state index contributed by atoms with van der Waals surface area (Å²) in [5.74, 6) is -0.552. The largest absolute Gasteiger partial charge is 0.472 e. The molecule has 3 N–H and O–H groups in total. The fourth-order valence-corrected chi connectivity index (χ4v) is 13.2. The molecule has 0 amide bonds. The van der Waals surface area contributed by atoms with Crippen LogP contribution < -0.4 is 0 Å². The van der Waals surface area contributed by atoms with Gasteiger partial charge in [0.1, 0.15) is 19.3 Å². The van der Waals surface area contributed by atoms with Crippen molar-refractivity contribution in [2.75, 3.05) is 39.6 Å². The molecule has 0 heterocycles. The van der Waals surface area contributed by atoms with E-state index in [1.807, 2.05) is 0 Å². The van der Waals surface area contributed by atoms with Crippen molar-refractivity contribution in [1.29, 1.82) is 0 Å². The van der Waals surface area contributed by atoms with Gasteiger partial charge in [0.2, 0.25) is 0 Å². The first-order valence-electron chi connectivity index (χ1n) is 39.5. The molecule has 0 aliphatic rings. The Labute approximate surface area is 581 Å². The van der Waals surface area contributed by atoms with Gasteiger partial charge in [0.15, 0.2) is 12.2 Å². The molecule has 0 rings (SSSR count). The van der Waals surface area contributed by atoms with Gasteiger partial charge in [0.05, 0.1) is 26.4 Å². The molecule has 0 radical (unpaired) electrons. The second-order valence-corrected chi connectivity index (χ2v) is 31.3. The number of phosphoric acid groups is 2. The van der Waals surface area contributed by atoms with Crippen molar-refractivity contribution in [3.05, 3.63) is 0 Å². The maximum atomic E-state index is 13.1. The summed E-state index contributed by atoms with van der Waals surface area (Å²) in [6, 6.07) is 0. The summed E-state index contributed by atoms with van der Waals surface area (Å²) in [4.78, 5) is 72.8. The number of rotatable bonds is 75. The van der Waals surface area contributed by atoms with E-state index in [1.54, 1.807) is 0 Å². The van der Waals surface area contributed by atoms with Crippen LogP contribution in [0.1, 0.15) is 395 Å². The number of unbranched alkanes of at least 4 members (excludes halogenated alkanes) is 45. The lowest BCUT2D eigenvalue weighted by Gasteiger charge is -2.21. The first-order chi connectivity index (χ1) is 45.9. The molecule has 5 atom stereocenters. The summed E-state index contributed by atoms with van der Waals surface area (Å²) >= 11 is 0. The minimum absolute atomic E-state index is 0.108. The third kappa shape index (κ3) is 70.3. The van der Waals surface area contributed by atoms with Crippen molar-refractivity contribution in [3.8, 4) is 0 Å². The van der Waals surface area contributed by atoms with Crippen molar-refractivity contribution in [2.45, 2.75) is 413 Å². The van der Waals surface area contributed by atoms with Crippen molar-refractivity contribution < 1.29 is 80.2 Å². The van der Waals surface area contributed by atoms with Crippen LogP contribution in [-0.2, 0) is 65.4 Å². The number of phosphoric ester groups is 2. The average molecular weight is 1400 g/mol. The van der Waals surface area contributed by atoms with Gasteiger partial charge in [-0.2, -0.15) is 0 Å². The molecule has 564 valence electrons. The van der Waals surface area contributed by atoms with Crippen LogP contribution in [0.5, 0.6) is 0 Å². The van der Waals surface area contributed by atoms with Gasteiger partial charge in [-0.25, -0.2) is 9.13 Å². The molecule has 0 aromatic rings. The topological polar surface area (TPSA) is 237 Å². The van der Waals surface area contributed by atoms with E-state index in [0.717, 1.165) is 102 Å². The molecular weight excluding hydrogens is 1250 g/mol. The van der Waals surface area contributed by atoms with E-state index >= 15 is 0 Å². The zero-order valence-corrected chi connectivity index (χ0v) is 63.8. The fourth-order valence-electron chi connectivity index (χ4n) is 11.7. The van der Waals surface area contributed by atoms with Crippen molar-refractivity contribution >= 4 is 39.5 Å². The van der Waals surface area contributed by atoms with Gasteiger partial charge in [0.25, 0.3) is 0 Å². The Bertz CT molecular complexity index is 1840. The standard InChI is InChI=1S/C76H148O17P2/c1-7-9-11-13-15-17-19-27-34-40-46-52-58-73(78)86-64-71(92-75(80)60-54-48-42-36-28-20-18-16-14-12-10-8-2)66-90-94(82,83)88-62-70(77)63-89-95(84,85)91-67-72(65-87-74(79)59-53-47-41-35-31-30-33-39-45-51-57-69(5)6)93-76(81)61-55-49-43-37-29-25-23-21-22-24-26-32-38-44-50-56-68(3)4/h68-72,77H,7-67H2,1-6H3,(H,82,83)(H,84,85)/t70-,71+,72+/m0/s1. The fraction of sp³-hybridized carbons (Fsp3) is 0.947. The van der Waals surface area contributed by atoms with E-state index in [2.05, 4.69) is 41.5 Å². The monoisotopic (exact) mass is 1400 g/mol. The highest BCUT2D eigenvalue weighted by molar-refractivity contribution is 7.47. The van der Waals surface area contributed by atoms with Crippen molar-refractivity contribution in [3.63, 3.8) is 0 Å². The summed E-state index contributed by atoms with van der Waals surface area (Å²) in [6.45, 7) is 9.62. The van der Waals surface area contributed by atoms with Crippen LogP contribution in [0.3, 0.4) is 0 Å². The first-order valence-corrected chi connectivity index (χ1v) is 42.5. The minimum atomic E-state index is -4.96. The molecule has 95 heavy (non-hydrogen) atoms. The van der Waals surface area contributed by atoms with Gasteiger partial charge in [-0.3, -0.25) is 37.3 Å². The Kier molecular flexibility index (Phi) is 66.5. The smallest absolute Gasteiger partial charge is 0.462 e. The number of aliphatic hydroxyl groups excluding tert-OH is 1. The van der Waals surface area contributed by atoms with E-state index < -0.39 is 97.5 Å². The summed E-state index contributed by atoms with van der Waals surface area (Å²) in [5, 5.41) is 10.6. The predicted octanol–water partition coefficient (Wildman–Crippen LogP) is 22.3. The minimum Gasteiger partial charge on any atom is -0.462 e. The Morgan fingerprint density at radius 3 is 0.716 bits per heavy atom. The molecule has 0 aromatic heterocycles. The highest BCUT2D eigenvalue weighted by atomic mass is 31.2. The van der Waals surface area contributed by atoms with Gasteiger partial charge in [-0.1, -0.05) is 343 Å². The third-order valence-electron chi connectivity index (χ3n) is 17.7. The SMILES string of the molecule is CCCCCCCCCCCCCCC(=O)OC[C@H](COP(=O)(O)OC[C@H](O)COP(=O)(O)OC[C@@H](COC(=O)CCCCCCCCCCCCC(C)C)OC(=O)CCCCCCCCCCCCCCCCCC(C)C)OC(=O)CCCCCCCCCCCCCC. The Hall–Kier alpha value is -1.94.